The van der Waals surface area contributed by atoms with Gasteiger partial charge in [0.05, 0.1) is 0 Å². The Morgan fingerprint density at radius 3 is 2.82 bits per heavy atom. The van der Waals surface area contributed by atoms with E-state index in [9.17, 15) is 4.79 Å². The number of aryl methyl sites for hydroxylation is 1. The SMILES string of the molecule is CCCC(=O)N1CCCc2cc(CC(Br)CC(C)C)ccc21. The van der Waals surface area contributed by atoms with Crippen molar-refractivity contribution in [2.75, 3.05) is 11.4 Å². The van der Waals surface area contributed by atoms with Gasteiger partial charge in [-0.05, 0) is 55.2 Å². The summed E-state index contributed by atoms with van der Waals surface area (Å²) in [7, 11) is 0. The van der Waals surface area contributed by atoms with Crippen LogP contribution in [0.2, 0.25) is 0 Å². The smallest absolute Gasteiger partial charge is 0.226 e. The molecule has 0 fully saturated rings. The molecule has 0 aliphatic carbocycles. The van der Waals surface area contributed by atoms with E-state index in [-0.39, 0.29) is 5.91 Å². The largest absolute Gasteiger partial charge is 0.312 e. The molecule has 0 radical (unpaired) electrons. The molecule has 3 heteroatoms. The lowest BCUT2D eigenvalue weighted by atomic mass is 9.96. The molecule has 0 saturated carbocycles. The van der Waals surface area contributed by atoms with Gasteiger partial charge in [0.2, 0.25) is 5.91 Å². The van der Waals surface area contributed by atoms with Crippen molar-refractivity contribution < 1.29 is 4.79 Å². The third-order valence-corrected chi connectivity index (χ3v) is 4.91. The van der Waals surface area contributed by atoms with Crippen LogP contribution in [0.1, 0.15) is 57.6 Å². The van der Waals surface area contributed by atoms with Crippen molar-refractivity contribution in [3.8, 4) is 0 Å². The molecule has 0 saturated heterocycles. The van der Waals surface area contributed by atoms with E-state index in [0.29, 0.717) is 17.2 Å². The van der Waals surface area contributed by atoms with Crippen molar-refractivity contribution >= 4 is 27.5 Å². The van der Waals surface area contributed by atoms with Crippen LogP contribution >= 0.6 is 15.9 Å². The average Bonchev–Trinajstić information content (AvgIpc) is 2.45. The second-order valence-corrected chi connectivity index (χ2v) is 8.09. The van der Waals surface area contributed by atoms with Crippen molar-refractivity contribution in [1.82, 2.24) is 0 Å². The first-order chi connectivity index (χ1) is 10.5. The number of hydrogen-bond donors (Lipinski definition) is 0. The summed E-state index contributed by atoms with van der Waals surface area (Å²) in [5.74, 6) is 0.985. The fourth-order valence-electron chi connectivity index (χ4n) is 3.24. The quantitative estimate of drug-likeness (QED) is 0.640. The van der Waals surface area contributed by atoms with E-state index in [2.05, 4.69) is 54.9 Å². The third-order valence-electron chi connectivity index (χ3n) is 4.21. The van der Waals surface area contributed by atoms with Crippen LogP contribution in [0.4, 0.5) is 5.69 Å². The van der Waals surface area contributed by atoms with Crippen molar-refractivity contribution in [3.05, 3.63) is 29.3 Å². The van der Waals surface area contributed by atoms with Gasteiger partial charge < -0.3 is 4.90 Å². The zero-order valence-electron chi connectivity index (χ0n) is 14.1. The Morgan fingerprint density at radius 2 is 2.14 bits per heavy atom. The first-order valence-corrected chi connectivity index (χ1v) is 9.49. The maximum atomic E-state index is 12.3. The molecule has 2 nitrogen and oxygen atoms in total. The van der Waals surface area contributed by atoms with Crippen LogP contribution in [0.3, 0.4) is 0 Å². The van der Waals surface area contributed by atoms with E-state index < -0.39 is 0 Å². The van der Waals surface area contributed by atoms with Gasteiger partial charge in [-0.15, -0.1) is 0 Å². The summed E-state index contributed by atoms with van der Waals surface area (Å²) >= 11 is 3.80. The molecule has 1 aromatic carbocycles. The van der Waals surface area contributed by atoms with Gasteiger partial charge in [-0.25, -0.2) is 0 Å². The number of anilines is 1. The molecule has 1 aliphatic rings. The highest BCUT2D eigenvalue weighted by atomic mass is 79.9. The van der Waals surface area contributed by atoms with E-state index in [1.807, 2.05) is 4.90 Å². The first-order valence-electron chi connectivity index (χ1n) is 8.57. The molecular weight excluding hydrogens is 338 g/mol. The molecule has 1 unspecified atom stereocenters. The summed E-state index contributed by atoms with van der Waals surface area (Å²) in [5, 5.41) is 0. The molecule has 2 rings (SSSR count). The highest BCUT2D eigenvalue weighted by Gasteiger charge is 2.22. The fraction of sp³-hybridized carbons (Fsp3) is 0.632. The minimum absolute atomic E-state index is 0.273. The molecule has 22 heavy (non-hydrogen) atoms. The van der Waals surface area contributed by atoms with Crippen LogP contribution in [0.5, 0.6) is 0 Å². The minimum Gasteiger partial charge on any atom is -0.312 e. The number of carbonyl (C=O) groups is 1. The lowest BCUT2D eigenvalue weighted by Gasteiger charge is -2.30. The second-order valence-electron chi connectivity index (χ2n) is 6.79. The van der Waals surface area contributed by atoms with Crippen LogP contribution in [-0.2, 0) is 17.6 Å². The molecule has 1 amide bonds. The van der Waals surface area contributed by atoms with Crippen molar-refractivity contribution in [3.63, 3.8) is 0 Å². The van der Waals surface area contributed by atoms with E-state index >= 15 is 0 Å². The highest BCUT2D eigenvalue weighted by molar-refractivity contribution is 9.09. The van der Waals surface area contributed by atoms with Crippen molar-refractivity contribution in [2.45, 2.75) is 64.1 Å². The molecule has 0 spiro atoms. The maximum Gasteiger partial charge on any atom is 0.226 e. The first kappa shape index (κ1) is 17.5. The summed E-state index contributed by atoms with van der Waals surface area (Å²) in [6.07, 6.45) is 6.00. The lowest BCUT2D eigenvalue weighted by molar-refractivity contribution is -0.118. The lowest BCUT2D eigenvalue weighted by Crippen LogP contribution is -2.35. The number of rotatable bonds is 6. The second kappa shape index (κ2) is 8.14. The summed E-state index contributed by atoms with van der Waals surface area (Å²) in [5.41, 5.74) is 3.87. The molecule has 0 N–H and O–H groups in total. The van der Waals surface area contributed by atoms with Gasteiger partial charge in [0.25, 0.3) is 0 Å². The average molecular weight is 366 g/mol. The number of benzene rings is 1. The van der Waals surface area contributed by atoms with Gasteiger partial charge in [-0.2, -0.15) is 0 Å². The van der Waals surface area contributed by atoms with Crippen molar-refractivity contribution in [2.24, 2.45) is 5.92 Å². The van der Waals surface area contributed by atoms with Crippen LogP contribution in [-0.4, -0.2) is 17.3 Å². The third kappa shape index (κ3) is 4.58. The summed E-state index contributed by atoms with van der Waals surface area (Å²) in [4.78, 5) is 14.8. The number of fused-ring (bicyclic) bond motifs is 1. The predicted octanol–water partition coefficient (Wildman–Crippen LogP) is 5.12. The number of amides is 1. The Labute approximate surface area is 143 Å². The number of halogens is 1. The topological polar surface area (TPSA) is 20.3 Å². The van der Waals surface area contributed by atoms with Gasteiger partial charge in [0, 0.05) is 23.5 Å². The van der Waals surface area contributed by atoms with Crippen LogP contribution in [0.15, 0.2) is 18.2 Å². The molecule has 1 heterocycles. The maximum absolute atomic E-state index is 12.3. The van der Waals surface area contributed by atoms with Gasteiger partial charge >= 0.3 is 0 Å². The Bertz CT molecular complexity index is 512. The monoisotopic (exact) mass is 365 g/mol. The number of hydrogen-bond acceptors (Lipinski definition) is 1. The Balaban J connectivity index is 2.12. The van der Waals surface area contributed by atoms with Crippen LogP contribution in [0.25, 0.3) is 0 Å². The highest BCUT2D eigenvalue weighted by Crippen LogP contribution is 2.30. The Hall–Kier alpha value is -0.830. The zero-order valence-corrected chi connectivity index (χ0v) is 15.7. The number of alkyl halides is 1. The van der Waals surface area contributed by atoms with Crippen molar-refractivity contribution in [1.29, 1.82) is 0 Å². The normalized spacial score (nSPS) is 15.8. The fourth-order valence-corrected chi connectivity index (χ4v) is 4.36. The molecule has 1 aromatic rings. The number of nitrogens with zero attached hydrogens (tertiary/aromatic N) is 1. The zero-order chi connectivity index (χ0) is 16.1. The Morgan fingerprint density at radius 1 is 1.36 bits per heavy atom. The van der Waals surface area contributed by atoms with Crippen LogP contribution < -0.4 is 4.90 Å². The van der Waals surface area contributed by atoms with Gasteiger partial charge in [-0.3, -0.25) is 4.79 Å². The molecule has 122 valence electrons. The van der Waals surface area contributed by atoms with Gasteiger partial charge in [0.1, 0.15) is 0 Å². The molecule has 0 bridgehead atoms. The summed E-state index contributed by atoms with van der Waals surface area (Å²) < 4.78 is 0. The number of carbonyl (C=O) groups excluding carboxylic acids is 1. The molecular formula is C19H28BrNO. The van der Waals surface area contributed by atoms with E-state index in [0.717, 1.165) is 37.9 Å². The Kier molecular flexibility index (Phi) is 6.49. The predicted molar refractivity (Wildman–Crippen MR) is 97.9 cm³/mol. The van der Waals surface area contributed by atoms with Crippen LogP contribution in [0, 0.1) is 5.92 Å². The van der Waals surface area contributed by atoms with E-state index in [1.165, 1.54) is 17.5 Å². The van der Waals surface area contributed by atoms with E-state index in [1.54, 1.807) is 0 Å². The summed E-state index contributed by atoms with van der Waals surface area (Å²) in [6.45, 7) is 7.47. The minimum atomic E-state index is 0.273. The molecule has 0 aromatic heterocycles. The van der Waals surface area contributed by atoms with Gasteiger partial charge in [-0.1, -0.05) is 48.8 Å². The molecule has 1 aliphatic heterocycles. The summed E-state index contributed by atoms with van der Waals surface area (Å²) in [6, 6.07) is 6.67. The standard InChI is InChI=1S/C19H28BrNO/c1-4-6-19(22)21-10-5-7-16-12-15(8-9-18(16)21)13-17(20)11-14(2)3/h8-9,12,14,17H,4-7,10-11,13H2,1-3H3. The van der Waals surface area contributed by atoms with Gasteiger partial charge in [0.15, 0.2) is 0 Å². The van der Waals surface area contributed by atoms with E-state index in [4.69, 9.17) is 0 Å². The molecule has 1 atom stereocenters.